The number of para-hydroxylation sites is 1. The molecule has 3 aliphatic rings. The summed E-state index contributed by atoms with van der Waals surface area (Å²) >= 11 is 0. The first-order valence-corrected chi connectivity index (χ1v) is 7.72. The highest BCUT2D eigenvalue weighted by Crippen LogP contribution is 2.22. The molecule has 3 aliphatic heterocycles. The highest BCUT2D eigenvalue weighted by molar-refractivity contribution is 5.90. The summed E-state index contributed by atoms with van der Waals surface area (Å²) in [5.74, 6) is 0.960. The third-order valence-electron chi connectivity index (χ3n) is 4.76. The Morgan fingerprint density at radius 1 is 1.19 bits per heavy atom. The molecule has 1 N–H and O–H groups in total. The number of hydrogen-bond donors (Lipinski definition) is 1. The van der Waals surface area contributed by atoms with Crippen molar-refractivity contribution in [2.24, 2.45) is 0 Å². The van der Waals surface area contributed by atoms with Crippen LogP contribution in [-0.4, -0.2) is 65.1 Å². The van der Waals surface area contributed by atoms with Crippen molar-refractivity contribution >= 4 is 16.7 Å². The lowest BCUT2D eigenvalue weighted by Gasteiger charge is -2.47. The summed E-state index contributed by atoms with van der Waals surface area (Å²) in [5.41, 5.74) is 2.24. The molecule has 110 valence electrons. The number of fused-ring (bicyclic) bond motifs is 4. The standard InChI is InChI=1S/C16H21N5/c1-12-3-2-4-14-15(12)18-11-19-16(14)17-9-13-10-20-5-7-21(13)8-6-20/h2-4,11,13H,5-10H2,1H3,(H,17,18,19). The largest absolute Gasteiger partial charge is 0.368 e. The number of aromatic nitrogens is 2. The second-order valence-corrected chi connectivity index (χ2v) is 6.06. The number of hydrogen-bond acceptors (Lipinski definition) is 5. The van der Waals surface area contributed by atoms with Gasteiger partial charge in [0.1, 0.15) is 12.1 Å². The van der Waals surface area contributed by atoms with Crippen molar-refractivity contribution in [1.82, 2.24) is 19.8 Å². The van der Waals surface area contributed by atoms with E-state index < -0.39 is 0 Å². The molecule has 4 heterocycles. The molecule has 5 nitrogen and oxygen atoms in total. The normalized spacial score (nSPS) is 28.0. The molecule has 1 atom stereocenters. The van der Waals surface area contributed by atoms with Gasteiger partial charge in [-0.2, -0.15) is 0 Å². The molecule has 5 heteroatoms. The van der Waals surface area contributed by atoms with Gasteiger partial charge in [0, 0.05) is 50.7 Å². The van der Waals surface area contributed by atoms with Crippen molar-refractivity contribution in [3.05, 3.63) is 30.1 Å². The highest BCUT2D eigenvalue weighted by atomic mass is 15.3. The summed E-state index contributed by atoms with van der Waals surface area (Å²) in [4.78, 5) is 14.0. The maximum atomic E-state index is 4.44. The van der Waals surface area contributed by atoms with E-state index in [1.54, 1.807) is 6.33 Å². The van der Waals surface area contributed by atoms with Crippen LogP contribution < -0.4 is 5.32 Å². The molecule has 2 aromatic rings. The second kappa shape index (κ2) is 5.24. The molecule has 3 fully saturated rings. The van der Waals surface area contributed by atoms with Crippen molar-refractivity contribution in [1.29, 1.82) is 0 Å². The van der Waals surface area contributed by atoms with Gasteiger partial charge in [-0.3, -0.25) is 9.80 Å². The lowest BCUT2D eigenvalue weighted by atomic mass is 10.1. The monoisotopic (exact) mass is 283 g/mol. The average Bonchev–Trinajstić information content (AvgIpc) is 2.54. The number of benzene rings is 1. The highest BCUT2D eigenvalue weighted by Gasteiger charge is 2.31. The average molecular weight is 283 g/mol. The molecule has 0 radical (unpaired) electrons. The maximum Gasteiger partial charge on any atom is 0.137 e. The van der Waals surface area contributed by atoms with Crippen LogP contribution in [0.5, 0.6) is 0 Å². The zero-order chi connectivity index (χ0) is 14.2. The molecule has 21 heavy (non-hydrogen) atoms. The van der Waals surface area contributed by atoms with Crippen LogP contribution in [-0.2, 0) is 0 Å². The summed E-state index contributed by atoms with van der Waals surface area (Å²) in [5, 5.41) is 4.67. The van der Waals surface area contributed by atoms with Crippen molar-refractivity contribution in [2.45, 2.75) is 13.0 Å². The van der Waals surface area contributed by atoms with Gasteiger partial charge in [0.25, 0.3) is 0 Å². The molecule has 0 aliphatic carbocycles. The van der Waals surface area contributed by atoms with Crippen LogP contribution >= 0.6 is 0 Å². The molecular formula is C16H21N5. The van der Waals surface area contributed by atoms with Crippen molar-refractivity contribution in [3.63, 3.8) is 0 Å². The number of aryl methyl sites for hydroxylation is 1. The molecule has 0 amide bonds. The Hall–Kier alpha value is -1.72. The van der Waals surface area contributed by atoms with Gasteiger partial charge >= 0.3 is 0 Å². The van der Waals surface area contributed by atoms with E-state index in [-0.39, 0.29) is 0 Å². The summed E-state index contributed by atoms with van der Waals surface area (Å²) in [6.07, 6.45) is 1.66. The fourth-order valence-electron chi connectivity index (χ4n) is 3.51. The zero-order valence-corrected chi connectivity index (χ0v) is 12.4. The number of piperazine rings is 3. The second-order valence-electron chi connectivity index (χ2n) is 6.06. The first-order chi connectivity index (χ1) is 10.3. The van der Waals surface area contributed by atoms with Gasteiger partial charge < -0.3 is 5.32 Å². The van der Waals surface area contributed by atoms with Crippen LogP contribution in [0.4, 0.5) is 5.82 Å². The summed E-state index contributed by atoms with van der Waals surface area (Å²) < 4.78 is 0. The molecule has 3 saturated heterocycles. The fraction of sp³-hybridized carbons (Fsp3) is 0.500. The fourth-order valence-corrected chi connectivity index (χ4v) is 3.51. The Kier molecular flexibility index (Phi) is 3.24. The van der Waals surface area contributed by atoms with Crippen molar-refractivity contribution in [2.75, 3.05) is 44.6 Å². The Morgan fingerprint density at radius 2 is 2.05 bits per heavy atom. The topological polar surface area (TPSA) is 44.3 Å². The van der Waals surface area contributed by atoms with Crippen LogP contribution in [0, 0.1) is 6.92 Å². The molecule has 0 saturated carbocycles. The van der Waals surface area contributed by atoms with Gasteiger partial charge in [0.15, 0.2) is 0 Å². The first kappa shape index (κ1) is 13.0. The van der Waals surface area contributed by atoms with E-state index in [9.17, 15) is 0 Å². The van der Waals surface area contributed by atoms with E-state index >= 15 is 0 Å². The quantitative estimate of drug-likeness (QED) is 0.921. The van der Waals surface area contributed by atoms with E-state index in [1.807, 2.05) is 0 Å². The number of nitrogens with one attached hydrogen (secondary N) is 1. The summed E-state index contributed by atoms with van der Waals surface area (Å²) in [7, 11) is 0. The molecule has 1 aromatic heterocycles. The number of anilines is 1. The van der Waals surface area contributed by atoms with Crippen LogP contribution in [0.15, 0.2) is 24.5 Å². The molecule has 1 aromatic carbocycles. The molecule has 1 unspecified atom stereocenters. The lowest BCUT2D eigenvalue weighted by molar-refractivity contribution is 0.0189. The number of rotatable bonds is 3. The Morgan fingerprint density at radius 3 is 2.81 bits per heavy atom. The van der Waals surface area contributed by atoms with Gasteiger partial charge in [-0.1, -0.05) is 12.1 Å². The third kappa shape index (κ3) is 2.36. The summed E-state index contributed by atoms with van der Waals surface area (Å²) in [6, 6.07) is 6.87. The van der Waals surface area contributed by atoms with Crippen LogP contribution in [0.1, 0.15) is 5.56 Å². The van der Waals surface area contributed by atoms with Crippen LogP contribution in [0.3, 0.4) is 0 Å². The molecule has 0 spiro atoms. The molecule has 2 bridgehead atoms. The van der Waals surface area contributed by atoms with Gasteiger partial charge in [-0.15, -0.1) is 0 Å². The van der Waals surface area contributed by atoms with Crippen molar-refractivity contribution in [3.8, 4) is 0 Å². The summed E-state index contributed by atoms with van der Waals surface area (Å²) in [6.45, 7) is 9.09. The number of nitrogens with zero attached hydrogens (tertiary/aromatic N) is 4. The van der Waals surface area contributed by atoms with Crippen molar-refractivity contribution < 1.29 is 0 Å². The van der Waals surface area contributed by atoms with E-state index in [1.165, 1.54) is 38.3 Å². The molecule has 5 rings (SSSR count). The maximum absolute atomic E-state index is 4.44. The zero-order valence-electron chi connectivity index (χ0n) is 12.4. The minimum Gasteiger partial charge on any atom is -0.368 e. The Labute approximate surface area is 125 Å². The first-order valence-electron chi connectivity index (χ1n) is 7.72. The lowest BCUT2D eigenvalue weighted by Crippen LogP contribution is -2.62. The Balaban J connectivity index is 1.54. The Bertz CT molecular complexity index is 648. The van der Waals surface area contributed by atoms with E-state index in [0.29, 0.717) is 6.04 Å². The van der Waals surface area contributed by atoms with Gasteiger partial charge in [-0.05, 0) is 18.6 Å². The van der Waals surface area contributed by atoms with Gasteiger partial charge in [0.2, 0.25) is 0 Å². The smallest absolute Gasteiger partial charge is 0.137 e. The predicted octanol–water partition coefficient (Wildman–Crippen LogP) is 1.35. The van der Waals surface area contributed by atoms with Crippen LogP contribution in [0.25, 0.3) is 10.9 Å². The predicted molar refractivity (Wildman–Crippen MR) is 84.6 cm³/mol. The van der Waals surface area contributed by atoms with Gasteiger partial charge in [-0.25, -0.2) is 9.97 Å². The third-order valence-corrected chi connectivity index (χ3v) is 4.76. The molecular weight excluding hydrogens is 262 g/mol. The van der Waals surface area contributed by atoms with Gasteiger partial charge in [0.05, 0.1) is 5.52 Å². The van der Waals surface area contributed by atoms with E-state index in [4.69, 9.17) is 0 Å². The SMILES string of the molecule is Cc1cccc2c(NCC3CN4CCN3CC4)ncnc12. The minimum absolute atomic E-state index is 0.599. The van der Waals surface area contributed by atoms with E-state index in [2.05, 4.69) is 50.2 Å². The van der Waals surface area contributed by atoms with E-state index in [0.717, 1.165) is 23.3 Å². The van der Waals surface area contributed by atoms with Crippen LogP contribution in [0.2, 0.25) is 0 Å². The minimum atomic E-state index is 0.599.